The number of hydrogen-bond donors (Lipinski definition) is 2. The first-order chi connectivity index (χ1) is 15.5. The van der Waals surface area contributed by atoms with Gasteiger partial charge in [0.2, 0.25) is 0 Å². The fourth-order valence-corrected chi connectivity index (χ4v) is 4.37. The molecule has 0 fully saturated rings. The van der Waals surface area contributed by atoms with Crippen molar-refractivity contribution in [1.29, 1.82) is 5.41 Å². The molecule has 0 aromatic heterocycles. The summed E-state index contributed by atoms with van der Waals surface area (Å²) in [7, 11) is 0. The minimum absolute atomic E-state index is 0.0159. The van der Waals surface area contributed by atoms with E-state index in [1.54, 1.807) is 12.1 Å². The summed E-state index contributed by atoms with van der Waals surface area (Å²) >= 11 is 0. The van der Waals surface area contributed by atoms with Gasteiger partial charge >= 0.3 is 0 Å². The maximum Gasteiger partial charge on any atom is 0.270 e. The van der Waals surface area contributed by atoms with Crippen molar-refractivity contribution in [2.24, 2.45) is 10.9 Å². The van der Waals surface area contributed by atoms with Crippen LogP contribution in [0.2, 0.25) is 0 Å². The van der Waals surface area contributed by atoms with Crippen LogP contribution >= 0.6 is 0 Å². The van der Waals surface area contributed by atoms with Gasteiger partial charge in [0.05, 0.1) is 0 Å². The van der Waals surface area contributed by atoms with Crippen LogP contribution in [-0.2, 0) is 5.92 Å². The standard InChI is InChI=1S/C28H35F2N3/c1-17(2)11-26(21-8-7-20(5)32-16-21)33-27-13-19(4)25(14-22(27)15-31)24-10-9-23(12-18(24)3)28(6,29)30/h9-10,12-17,26,31,33H,7-8,11H2,1-6H3. The normalized spacial score (nSPS) is 15.2. The van der Waals surface area contributed by atoms with E-state index >= 15 is 0 Å². The van der Waals surface area contributed by atoms with E-state index in [0.29, 0.717) is 5.92 Å². The summed E-state index contributed by atoms with van der Waals surface area (Å²) in [5.74, 6) is -2.36. The van der Waals surface area contributed by atoms with Crippen LogP contribution in [-0.4, -0.2) is 18.0 Å². The first-order valence-corrected chi connectivity index (χ1v) is 11.6. The third kappa shape index (κ3) is 5.95. The predicted molar refractivity (Wildman–Crippen MR) is 136 cm³/mol. The van der Waals surface area contributed by atoms with E-state index in [-0.39, 0.29) is 11.6 Å². The minimum Gasteiger partial charge on any atom is -0.378 e. The molecule has 2 aromatic carbocycles. The monoisotopic (exact) mass is 451 g/mol. The highest BCUT2D eigenvalue weighted by molar-refractivity contribution is 5.90. The van der Waals surface area contributed by atoms with Gasteiger partial charge in [0.1, 0.15) is 0 Å². The molecule has 3 nitrogen and oxygen atoms in total. The fourth-order valence-electron chi connectivity index (χ4n) is 4.37. The SMILES string of the molecule is CC1=NC=C(C(CC(C)C)Nc2cc(C)c(-c3ccc(C(C)(F)F)cc3C)cc2C=N)CC1. The van der Waals surface area contributed by atoms with Gasteiger partial charge in [-0.1, -0.05) is 26.0 Å². The van der Waals surface area contributed by atoms with Crippen molar-refractivity contribution in [2.75, 3.05) is 5.32 Å². The van der Waals surface area contributed by atoms with Crippen LogP contribution in [0.1, 0.15) is 69.2 Å². The molecule has 0 saturated heterocycles. The molecular formula is C28H35F2N3. The van der Waals surface area contributed by atoms with Crippen LogP contribution < -0.4 is 5.32 Å². The molecule has 1 aliphatic heterocycles. The Bertz CT molecular complexity index is 1090. The van der Waals surface area contributed by atoms with Crippen LogP contribution in [0.25, 0.3) is 11.1 Å². The maximum atomic E-state index is 13.8. The Morgan fingerprint density at radius 3 is 2.30 bits per heavy atom. The Balaban J connectivity index is 1.98. The molecule has 1 atom stereocenters. The van der Waals surface area contributed by atoms with Crippen LogP contribution in [0.3, 0.4) is 0 Å². The summed E-state index contributed by atoms with van der Waals surface area (Å²) in [6, 6.07) is 9.03. The summed E-state index contributed by atoms with van der Waals surface area (Å²) in [6.07, 6.45) is 6.30. The molecule has 2 N–H and O–H groups in total. The van der Waals surface area contributed by atoms with E-state index < -0.39 is 5.92 Å². The Hall–Kier alpha value is -2.82. The van der Waals surface area contributed by atoms with Gasteiger partial charge in [0.25, 0.3) is 5.92 Å². The number of nitrogens with zero attached hydrogens (tertiary/aromatic N) is 1. The summed E-state index contributed by atoms with van der Waals surface area (Å²) in [5.41, 5.74) is 7.87. The molecule has 0 radical (unpaired) electrons. The van der Waals surface area contributed by atoms with Crippen molar-refractivity contribution < 1.29 is 8.78 Å². The van der Waals surface area contributed by atoms with Gasteiger partial charge < -0.3 is 10.7 Å². The lowest BCUT2D eigenvalue weighted by molar-refractivity contribution is 0.0174. The van der Waals surface area contributed by atoms with Crippen LogP contribution in [0.15, 0.2) is 47.1 Å². The molecule has 0 aliphatic carbocycles. The molecule has 0 amide bonds. The smallest absolute Gasteiger partial charge is 0.270 e. The number of alkyl halides is 2. The van der Waals surface area contributed by atoms with E-state index in [9.17, 15) is 8.78 Å². The number of rotatable bonds is 8. The summed E-state index contributed by atoms with van der Waals surface area (Å²) in [5, 5.41) is 11.7. The molecule has 0 saturated carbocycles. The highest BCUT2D eigenvalue weighted by atomic mass is 19.3. The van der Waals surface area contributed by atoms with Gasteiger partial charge in [-0.2, -0.15) is 0 Å². The topological polar surface area (TPSA) is 48.2 Å². The molecule has 0 spiro atoms. The lowest BCUT2D eigenvalue weighted by Crippen LogP contribution is -2.26. The lowest BCUT2D eigenvalue weighted by atomic mass is 9.90. The lowest BCUT2D eigenvalue weighted by Gasteiger charge is -2.27. The molecule has 33 heavy (non-hydrogen) atoms. The average molecular weight is 452 g/mol. The second-order valence-corrected chi connectivity index (χ2v) is 9.71. The molecule has 2 aromatic rings. The summed E-state index contributed by atoms with van der Waals surface area (Å²) in [6.45, 7) is 11.3. The fraction of sp³-hybridized carbons (Fsp3) is 0.429. The molecule has 0 bridgehead atoms. The Morgan fingerprint density at radius 2 is 1.76 bits per heavy atom. The number of hydrogen-bond acceptors (Lipinski definition) is 3. The zero-order valence-electron chi connectivity index (χ0n) is 20.5. The maximum absolute atomic E-state index is 13.8. The first-order valence-electron chi connectivity index (χ1n) is 11.6. The van der Waals surface area contributed by atoms with Crippen molar-refractivity contribution in [3.05, 3.63) is 64.4 Å². The van der Waals surface area contributed by atoms with Gasteiger partial charge in [0.15, 0.2) is 0 Å². The predicted octanol–water partition coefficient (Wildman–Crippen LogP) is 8.05. The second-order valence-electron chi connectivity index (χ2n) is 9.71. The molecule has 5 heteroatoms. The van der Waals surface area contributed by atoms with Crippen LogP contribution in [0.5, 0.6) is 0 Å². The van der Waals surface area contributed by atoms with Crippen LogP contribution in [0.4, 0.5) is 14.5 Å². The van der Waals surface area contributed by atoms with E-state index in [2.05, 4.69) is 37.1 Å². The summed E-state index contributed by atoms with van der Waals surface area (Å²) < 4.78 is 27.5. The number of benzene rings is 2. The van der Waals surface area contributed by atoms with Gasteiger partial charge in [0, 0.05) is 47.9 Å². The number of nitrogens with one attached hydrogen (secondary N) is 2. The van der Waals surface area contributed by atoms with Crippen molar-refractivity contribution >= 4 is 17.6 Å². The zero-order valence-corrected chi connectivity index (χ0v) is 20.5. The average Bonchev–Trinajstić information content (AvgIpc) is 2.73. The number of anilines is 1. The molecule has 1 heterocycles. The molecule has 1 unspecified atom stereocenters. The Labute approximate surface area is 196 Å². The number of halogens is 2. The third-order valence-electron chi connectivity index (χ3n) is 6.29. The first kappa shape index (κ1) is 24.8. The Kier molecular flexibility index (Phi) is 7.51. The van der Waals surface area contributed by atoms with Crippen molar-refractivity contribution in [3.8, 4) is 11.1 Å². The minimum atomic E-state index is -2.87. The molecule has 3 rings (SSSR count). The number of aliphatic imine (C=N–C) groups is 1. The van der Waals surface area contributed by atoms with Gasteiger partial charge in [-0.15, -0.1) is 0 Å². The van der Waals surface area contributed by atoms with Gasteiger partial charge in [-0.25, -0.2) is 8.78 Å². The van der Waals surface area contributed by atoms with Crippen molar-refractivity contribution in [3.63, 3.8) is 0 Å². The van der Waals surface area contributed by atoms with Gasteiger partial charge in [-0.3, -0.25) is 4.99 Å². The van der Waals surface area contributed by atoms with Crippen molar-refractivity contribution in [2.45, 2.75) is 72.8 Å². The van der Waals surface area contributed by atoms with Crippen molar-refractivity contribution in [1.82, 2.24) is 0 Å². The second kappa shape index (κ2) is 9.98. The largest absolute Gasteiger partial charge is 0.378 e. The van der Waals surface area contributed by atoms with E-state index in [0.717, 1.165) is 65.4 Å². The van der Waals surface area contributed by atoms with E-state index in [4.69, 9.17) is 5.41 Å². The molecular weight excluding hydrogens is 416 g/mol. The third-order valence-corrected chi connectivity index (χ3v) is 6.29. The quantitative estimate of drug-likeness (QED) is 0.392. The highest BCUT2D eigenvalue weighted by Crippen LogP contribution is 2.35. The molecule has 176 valence electrons. The molecule has 1 aliphatic rings. The zero-order chi connectivity index (χ0) is 24.3. The summed E-state index contributed by atoms with van der Waals surface area (Å²) in [4.78, 5) is 4.55. The number of aryl methyl sites for hydroxylation is 2. The van der Waals surface area contributed by atoms with Crippen LogP contribution in [0, 0.1) is 25.2 Å². The highest BCUT2D eigenvalue weighted by Gasteiger charge is 2.25. The van der Waals surface area contributed by atoms with E-state index in [1.165, 1.54) is 17.9 Å². The van der Waals surface area contributed by atoms with E-state index in [1.807, 2.05) is 26.1 Å². The Morgan fingerprint density at radius 1 is 1.06 bits per heavy atom. The van der Waals surface area contributed by atoms with Gasteiger partial charge in [-0.05, 0) is 92.0 Å².